The van der Waals surface area contributed by atoms with Crippen LogP contribution in [-0.2, 0) is 16.0 Å². The Labute approximate surface area is 89.4 Å². The molecule has 2 rings (SSSR count). The number of ether oxygens (including phenoxy) is 1. The zero-order valence-electron chi connectivity index (χ0n) is 9.04. The van der Waals surface area contributed by atoms with Gasteiger partial charge in [-0.1, -0.05) is 19.1 Å². The minimum Gasteiger partial charge on any atom is -0.469 e. The summed E-state index contributed by atoms with van der Waals surface area (Å²) in [5.41, 5.74) is 3.50. The lowest BCUT2D eigenvalue weighted by molar-refractivity contribution is -0.139. The van der Waals surface area contributed by atoms with E-state index >= 15 is 0 Å². The Bertz CT molecular complexity index is 387. The molecule has 0 amide bonds. The fraction of sp³-hybridized carbons (Fsp3) is 0.417. The molecule has 3 heteroatoms. The second-order valence-corrected chi connectivity index (χ2v) is 3.96. The van der Waals surface area contributed by atoms with Crippen molar-refractivity contribution in [3.63, 3.8) is 0 Å². The Morgan fingerprint density at radius 3 is 3.13 bits per heavy atom. The van der Waals surface area contributed by atoms with Crippen molar-refractivity contribution >= 4 is 11.7 Å². The molecule has 1 atom stereocenters. The Hall–Kier alpha value is -1.51. The maximum absolute atomic E-state index is 11.1. The molecule has 1 aromatic rings. The summed E-state index contributed by atoms with van der Waals surface area (Å²) in [4.78, 5) is 11.1. The van der Waals surface area contributed by atoms with Crippen molar-refractivity contribution in [2.75, 3.05) is 19.0 Å². The van der Waals surface area contributed by atoms with E-state index in [4.69, 9.17) is 0 Å². The summed E-state index contributed by atoms with van der Waals surface area (Å²) >= 11 is 0. The lowest BCUT2D eigenvalue weighted by Crippen LogP contribution is -2.04. The minimum atomic E-state index is -0.194. The van der Waals surface area contributed by atoms with E-state index in [0.29, 0.717) is 12.3 Å². The molecule has 15 heavy (non-hydrogen) atoms. The monoisotopic (exact) mass is 205 g/mol. The molecule has 0 saturated carbocycles. The molecule has 1 N–H and O–H groups in total. The van der Waals surface area contributed by atoms with Crippen LogP contribution >= 0.6 is 0 Å². The highest BCUT2D eigenvalue weighted by molar-refractivity contribution is 5.73. The van der Waals surface area contributed by atoms with Gasteiger partial charge in [0, 0.05) is 18.2 Å². The van der Waals surface area contributed by atoms with Crippen LogP contribution in [-0.4, -0.2) is 19.6 Å². The van der Waals surface area contributed by atoms with Gasteiger partial charge in [-0.2, -0.15) is 0 Å². The average Bonchev–Trinajstić information content (AvgIpc) is 2.60. The van der Waals surface area contributed by atoms with E-state index in [-0.39, 0.29) is 5.97 Å². The largest absolute Gasteiger partial charge is 0.469 e. The zero-order valence-corrected chi connectivity index (χ0v) is 9.04. The number of nitrogens with one attached hydrogen (secondary N) is 1. The molecule has 0 saturated heterocycles. The van der Waals surface area contributed by atoms with Gasteiger partial charge < -0.3 is 10.1 Å². The van der Waals surface area contributed by atoms with Gasteiger partial charge in [0.1, 0.15) is 0 Å². The van der Waals surface area contributed by atoms with Crippen LogP contribution in [0.5, 0.6) is 0 Å². The van der Waals surface area contributed by atoms with Crippen molar-refractivity contribution in [1.82, 2.24) is 0 Å². The van der Waals surface area contributed by atoms with Gasteiger partial charge in [-0.05, 0) is 17.2 Å². The fourth-order valence-corrected chi connectivity index (χ4v) is 1.91. The van der Waals surface area contributed by atoms with Gasteiger partial charge in [-0.3, -0.25) is 4.79 Å². The van der Waals surface area contributed by atoms with Crippen molar-refractivity contribution < 1.29 is 9.53 Å². The van der Waals surface area contributed by atoms with Gasteiger partial charge in [0.2, 0.25) is 0 Å². The van der Waals surface area contributed by atoms with Gasteiger partial charge in [-0.15, -0.1) is 0 Å². The second kappa shape index (κ2) is 3.93. The third-order valence-corrected chi connectivity index (χ3v) is 2.82. The van der Waals surface area contributed by atoms with Crippen molar-refractivity contribution in [1.29, 1.82) is 0 Å². The average molecular weight is 205 g/mol. The van der Waals surface area contributed by atoms with Gasteiger partial charge >= 0.3 is 5.97 Å². The highest BCUT2D eigenvalue weighted by Crippen LogP contribution is 2.31. The molecule has 0 aromatic heterocycles. The van der Waals surface area contributed by atoms with Gasteiger partial charge in [0.15, 0.2) is 0 Å². The summed E-state index contributed by atoms with van der Waals surface area (Å²) in [5, 5.41) is 3.33. The molecule has 1 heterocycles. The number of benzene rings is 1. The fourth-order valence-electron chi connectivity index (χ4n) is 1.91. The smallest absolute Gasteiger partial charge is 0.309 e. The maximum atomic E-state index is 11.1. The number of esters is 1. The van der Waals surface area contributed by atoms with Crippen LogP contribution in [0.4, 0.5) is 5.69 Å². The summed E-state index contributed by atoms with van der Waals surface area (Å²) in [5.74, 6) is 0.369. The summed E-state index contributed by atoms with van der Waals surface area (Å²) < 4.78 is 4.64. The summed E-state index contributed by atoms with van der Waals surface area (Å²) in [7, 11) is 1.41. The van der Waals surface area contributed by atoms with Crippen molar-refractivity contribution in [2.45, 2.75) is 19.3 Å². The highest BCUT2D eigenvalue weighted by atomic mass is 16.5. The molecule has 1 aliphatic heterocycles. The third-order valence-electron chi connectivity index (χ3n) is 2.82. The Kier molecular flexibility index (Phi) is 2.62. The number of carbonyl (C=O) groups excluding carboxylic acids is 1. The molecule has 0 spiro atoms. The first kappa shape index (κ1) is 10.0. The van der Waals surface area contributed by atoms with Crippen LogP contribution < -0.4 is 5.32 Å². The standard InChI is InChI=1S/C12H15NO2/c1-8-7-13-11-5-9(3-4-10(8)11)6-12(14)15-2/h3-5,8,13H,6-7H2,1-2H3. The number of carbonyl (C=O) groups is 1. The topological polar surface area (TPSA) is 38.3 Å². The molecule has 1 unspecified atom stereocenters. The molecule has 0 bridgehead atoms. The molecular weight excluding hydrogens is 190 g/mol. The Morgan fingerprint density at radius 2 is 2.40 bits per heavy atom. The van der Waals surface area contributed by atoms with Gasteiger partial charge in [-0.25, -0.2) is 0 Å². The molecule has 1 aromatic carbocycles. The third kappa shape index (κ3) is 1.96. The second-order valence-electron chi connectivity index (χ2n) is 3.96. The van der Waals surface area contributed by atoms with E-state index in [1.54, 1.807) is 0 Å². The van der Waals surface area contributed by atoms with E-state index in [0.717, 1.165) is 17.8 Å². The maximum Gasteiger partial charge on any atom is 0.309 e. The van der Waals surface area contributed by atoms with Crippen LogP contribution in [0.15, 0.2) is 18.2 Å². The van der Waals surface area contributed by atoms with Crippen LogP contribution in [0.3, 0.4) is 0 Å². The van der Waals surface area contributed by atoms with Gasteiger partial charge in [0.25, 0.3) is 0 Å². The molecule has 0 fully saturated rings. The predicted octanol–water partition coefficient (Wildman–Crippen LogP) is 1.93. The Morgan fingerprint density at radius 1 is 1.60 bits per heavy atom. The first-order chi connectivity index (χ1) is 7.20. The van der Waals surface area contributed by atoms with Crippen molar-refractivity contribution in [3.05, 3.63) is 29.3 Å². The van der Waals surface area contributed by atoms with Crippen LogP contribution in [0.25, 0.3) is 0 Å². The summed E-state index contributed by atoms with van der Waals surface area (Å²) in [6, 6.07) is 6.13. The number of fused-ring (bicyclic) bond motifs is 1. The van der Waals surface area contributed by atoms with Crippen LogP contribution in [0.1, 0.15) is 24.0 Å². The van der Waals surface area contributed by atoms with E-state index < -0.39 is 0 Å². The van der Waals surface area contributed by atoms with E-state index in [1.165, 1.54) is 12.7 Å². The normalized spacial score (nSPS) is 18.1. The highest BCUT2D eigenvalue weighted by Gasteiger charge is 2.18. The predicted molar refractivity (Wildman–Crippen MR) is 59.1 cm³/mol. The molecule has 80 valence electrons. The van der Waals surface area contributed by atoms with Crippen LogP contribution in [0, 0.1) is 0 Å². The molecule has 3 nitrogen and oxygen atoms in total. The minimum absolute atomic E-state index is 0.194. The van der Waals surface area contributed by atoms with E-state index in [2.05, 4.69) is 23.0 Å². The first-order valence-electron chi connectivity index (χ1n) is 5.14. The van der Waals surface area contributed by atoms with Gasteiger partial charge in [0.05, 0.1) is 13.5 Å². The molecule has 1 aliphatic rings. The lowest BCUT2D eigenvalue weighted by atomic mass is 10.0. The summed E-state index contributed by atoms with van der Waals surface area (Å²) in [6.45, 7) is 3.18. The Balaban J connectivity index is 2.19. The number of hydrogen-bond donors (Lipinski definition) is 1. The lowest BCUT2D eigenvalue weighted by Gasteiger charge is -2.05. The number of hydrogen-bond acceptors (Lipinski definition) is 3. The number of rotatable bonds is 2. The van der Waals surface area contributed by atoms with Crippen molar-refractivity contribution in [3.8, 4) is 0 Å². The zero-order chi connectivity index (χ0) is 10.8. The summed E-state index contributed by atoms with van der Waals surface area (Å²) in [6.07, 6.45) is 0.347. The van der Waals surface area contributed by atoms with E-state index in [9.17, 15) is 4.79 Å². The van der Waals surface area contributed by atoms with Crippen molar-refractivity contribution in [2.24, 2.45) is 0 Å². The number of anilines is 1. The molecule has 0 radical (unpaired) electrons. The number of methoxy groups -OCH3 is 1. The SMILES string of the molecule is COC(=O)Cc1ccc2c(c1)NCC2C. The quantitative estimate of drug-likeness (QED) is 0.750. The van der Waals surface area contributed by atoms with E-state index in [1.807, 2.05) is 12.1 Å². The molecule has 0 aliphatic carbocycles. The first-order valence-corrected chi connectivity index (χ1v) is 5.14. The van der Waals surface area contributed by atoms with Crippen LogP contribution in [0.2, 0.25) is 0 Å². The molecular formula is C12H15NO2.